The molecular formula is C17H24ClN3. The molecule has 1 N–H and O–H groups in total. The minimum absolute atomic E-state index is 0.570. The quantitative estimate of drug-likeness (QED) is 0.906. The number of halogens is 1. The molecule has 0 atom stereocenters. The molecule has 1 aromatic carbocycles. The summed E-state index contributed by atoms with van der Waals surface area (Å²) in [5.41, 5.74) is 1.75. The Morgan fingerprint density at radius 3 is 2.67 bits per heavy atom. The molecule has 21 heavy (non-hydrogen) atoms. The van der Waals surface area contributed by atoms with E-state index in [-0.39, 0.29) is 0 Å². The van der Waals surface area contributed by atoms with E-state index in [1.165, 1.54) is 12.8 Å². The summed E-state index contributed by atoms with van der Waals surface area (Å²) >= 11 is 6.25. The van der Waals surface area contributed by atoms with Crippen LogP contribution in [0.25, 0.3) is 0 Å². The van der Waals surface area contributed by atoms with Gasteiger partial charge in [-0.3, -0.25) is 4.90 Å². The average Bonchev–Trinajstić information content (AvgIpc) is 2.48. The van der Waals surface area contributed by atoms with Crippen LogP contribution in [0.4, 0.5) is 0 Å². The highest BCUT2D eigenvalue weighted by atomic mass is 35.5. The van der Waals surface area contributed by atoms with Crippen molar-refractivity contribution in [1.82, 2.24) is 10.2 Å². The van der Waals surface area contributed by atoms with Crippen LogP contribution in [0.1, 0.15) is 37.8 Å². The first-order valence-corrected chi connectivity index (χ1v) is 8.10. The van der Waals surface area contributed by atoms with E-state index in [1.54, 1.807) is 6.07 Å². The first-order valence-electron chi connectivity index (χ1n) is 7.72. The molecule has 2 rings (SSSR count). The largest absolute Gasteiger partial charge is 0.314 e. The first kappa shape index (κ1) is 16.3. The fourth-order valence-corrected chi connectivity index (χ4v) is 2.98. The fraction of sp³-hybridized carbons (Fsp3) is 0.588. The second kappa shape index (κ2) is 7.79. The molecule has 1 fully saturated rings. The number of likely N-dealkylation sites (tertiary alicyclic amines) is 1. The number of piperidine rings is 1. The molecule has 0 radical (unpaired) electrons. The van der Waals surface area contributed by atoms with Crippen molar-refractivity contribution in [2.45, 2.75) is 39.3 Å². The Kier molecular flexibility index (Phi) is 6.05. The monoisotopic (exact) mass is 305 g/mol. The molecule has 4 heteroatoms. The van der Waals surface area contributed by atoms with E-state index in [9.17, 15) is 0 Å². The predicted molar refractivity (Wildman–Crippen MR) is 87.3 cm³/mol. The molecule has 0 amide bonds. The van der Waals surface area contributed by atoms with Crippen LogP contribution in [-0.2, 0) is 6.54 Å². The first-order chi connectivity index (χ1) is 10.1. The van der Waals surface area contributed by atoms with Gasteiger partial charge in [0.2, 0.25) is 0 Å². The van der Waals surface area contributed by atoms with Crippen molar-refractivity contribution in [3.05, 3.63) is 34.3 Å². The lowest BCUT2D eigenvalue weighted by Gasteiger charge is -2.32. The number of hydrogen-bond donors (Lipinski definition) is 1. The molecule has 0 saturated carbocycles. The van der Waals surface area contributed by atoms with Crippen LogP contribution >= 0.6 is 11.6 Å². The molecule has 1 saturated heterocycles. The van der Waals surface area contributed by atoms with Gasteiger partial charge in [0.15, 0.2) is 0 Å². The Morgan fingerprint density at radius 2 is 2.10 bits per heavy atom. The van der Waals surface area contributed by atoms with Gasteiger partial charge in [0, 0.05) is 17.6 Å². The Bertz CT molecular complexity index is 499. The third-order valence-corrected chi connectivity index (χ3v) is 4.45. The summed E-state index contributed by atoms with van der Waals surface area (Å²) in [6.45, 7) is 8.66. The lowest BCUT2D eigenvalue weighted by Crippen LogP contribution is -2.38. The molecule has 1 aliphatic rings. The van der Waals surface area contributed by atoms with Crippen LogP contribution in [0, 0.1) is 17.2 Å². The summed E-state index contributed by atoms with van der Waals surface area (Å²) in [6.07, 6.45) is 2.49. The third-order valence-electron chi connectivity index (χ3n) is 4.10. The minimum Gasteiger partial charge on any atom is -0.314 e. The van der Waals surface area contributed by atoms with Crippen molar-refractivity contribution in [2.24, 2.45) is 5.92 Å². The maximum atomic E-state index is 8.87. The Labute approximate surface area is 132 Å². The second-order valence-electron chi connectivity index (χ2n) is 6.20. The van der Waals surface area contributed by atoms with Gasteiger partial charge < -0.3 is 5.32 Å². The summed E-state index contributed by atoms with van der Waals surface area (Å²) < 4.78 is 0. The van der Waals surface area contributed by atoms with E-state index >= 15 is 0 Å². The van der Waals surface area contributed by atoms with Gasteiger partial charge in [-0.2, -0.15) is 5.26 Å². The zero-order valence-electron chi connectivity index (χ0n) is 12.9. The van der Waals surface area contributed by atoms with E-state index in [0.29, 0.717) is 16.6 Å². The third kappa shape index (κ3) is 5.00. The standard InChI is InChI=1S/C17H24ClN3/c1-13(2)20-11-14-5-7-21(8-6-14)12-16-4-3-15(10-19)9-17(16)18/h3-4,9,13-14,20H,5-8,11-12H2,1-2H3. The van der Waals surface area contributed by atoms with Gasteiger partial charge in [0.05, 0.1) is 11.6 Å². The van der Waals surface area contributed by atoms with E-state index in [1.807, 2.05) is 12.1 Å². The van der Waals surface area contributed by atoms with Crippen molar-refractivity contribution in [1.29, 1.82) is 5.26 Å². The van der Waals surface area contributed by atoms with Crippen LogP contribution in [0.15, 0.2) is 18.2 Å². The van der Waals surface area contributed by atoms with E-state index in [0.717, 1.165) is 37.7 Å². The number of nitriles is 1. The summed E-state index contributed by atoms with van der Waals surface area (Å²) in [7, 11) is 0. The molecule has 0 bridgehead atoms. The lowest BCUT2D eigenvalue weighted by atomic mass is 9.96. The number of hydrogen-bond acceptors (Lipinski definition) is 3. The predicted octanol–water partition coefficient (Wildman–Crippen LogP) is 3.42. The molecule has 1 heterocycles. The Morgan fingerprint density at radius 1 is 1.38 bits per heavy atom. The molecular weight excluding hydrogens is 282 g/mol. The fourth-order valence-electron chi connectivity index (χ4n) is 2.74. The van der Waals surface area contributed by atoms with Gasteiger partial charge in [-0.1, -0.05) is 31.5 Å². The highest BCUT2D eigenvalue weighted by Gasteiger charge is 2.19. The van der Waals surface area contributed by atoms with Crippen LogP contribution in [-0.4, -0.2) is 30.6 Å². The van der Waals surface area contributed by atoms with Crippen LogP contribution in [0.5, 0.6) is 0 Å². The maximum absolute atomic E-state index is 8.87. The zero-order valence-corrected chi connectivity index (χ0v) is 13.7. The molecule has 114 valence electrons. The van der Waals surface area contributed by atoms with Gasteiger partial charge >= 0.3 is 0 Å². The molecule has 1 aromatic rings. The van der Waals surface area contributed by atoms with E-state index < -0.39 is 0 Å². The molecule has 0 aromatic heterocycles. The number of rotatable bonds is 5. The molecule has 0 unspecified atom stereocenters. The highest BCUT2D eigenvalue weighted by molar-refractivity contribution is 6.31. The number of nitrogens with zero attached hydrogens (tertiary/aromatic N) is 2. The number of benzene rings is 1. The molecule has 3 nitrogen and oxygen atoms in total. The van der Waals surface area contributed by atoms with Crippen molar-refractivity contribution < 1.29 is 0 Å². The Hall–Kier alpha value is -1.08. The summed E-state index contributed by atoms with van der Waals surface area (Å²) in [5.74, 6) is 0.792. The van der Waals surface area contributed by atoms with Gasteiger partial charge in [-0.25, -0.2) is 0 Å². The van der Waals surface area contributed by atoms with Crippen molar-refractivity contribution >= 4 is 11.6 Å². The van der Waals surface area contributed by atoms with Crippen LogP contribution in [0.3, 0.4) is 0 Å². The van der Waals surface area contributed by atoms with Crippen LogP contribution < -0.4 is 5.32 Å². The molecule has 0 aliphatic carbocycles. The Balaban J connectivity index is 1.82. The smallest absolute Gasteiger partial charge is 0.0992 e. The maximum Gasteiger partial charge on any atom is 0.0992 e. The number of nitrogens with one attached hydrogen (secondary N) is 1. The van der Waals surface area contributed by atoms with Gasteiger partial charge in [0.25, 0.3) is 0 Å². The molecule has 0 spiro atoms. The second-order valence-corrected chi connectivity index (χ2v) is 6.61. The summed E-state index contributed by atoms with van der Waals surface area (Å²) in [4.78, 5) is 2.46. The minimum atomic E-state index is 0.570. The van der Waals surface area contributed by atoms with Gasteiger partial charge in [0.1, 0.15) is 0 Å². The van der Waals surface area contributed by atoms with Crippen molar-refractivity contribution in [3.8, 4) is 6.07 Å². The lowest BCUT2D eigenvalue weighted by molar-refractivity contribution is 0.174. The average molecular weight is 306 g/mol. The SMILES string of the molecule is CC(C)NCC1CCN(Cc2ccc(C#N)cc2Cl)CC1. The van der Waals surface area contributed by atoms with E-state index in [4.69, 9.17) is 16.9 Å². The molecule has 1 aliphatic heterocycles. The summed E-state index contributed by atoms with van der Waals surface area (Å²) in [6, 6.07) is 8.28. The topological polar surface area (TPSA) is 39.1 Å². The van der Waals surface area contributed by atoms with E-state index in [2.05, 4.69) is 30.1 Å². The highest BCUT2D eigenvalue weighted by Crippen LogP contribution is 2.23. The van der Waals surface area contributed by atoms with Crippen molar-refractivity contribution in [3.63, 3.8) is 0 Å². The zero-order chi connectivity index (χ0) is 15.2. The summed E-state index contributed by atoms with van der Waals surface area (Å²) in [5, 5.41) is 13.1. The van der Waals surface area contributed by atoms with Gasteiger partial charge in [-0.05, 0) is 56.1 Å². The van der Waals surface area contributed by atoms with Gasteiger partial charge in [-0.15, -0.1) is 0 Å². The van der Waals surface area contributed by atoms with Crippen LogP contribution in [0.2, 0.25) is 5.02 Å². The van der Waals surface area contributed by atoms with Crippen molar-refractivity contribution in [2.75, 3.05) is 19.6 Å². The normalized spacial score (nSPS) is 17.1.